The minimum absolute atomic E-state index is 0.0884. The lowest BCUT2D eigenvalue weighted by molar-refractivity contribution is 0.0675. The number of rotatable bonds is 4. The van der Waals surface area contributed by atoms with E-state index in [9.17, 15) is 4.79 Å². The molecular weight excluding hydrogens is 312 g/mol. The van der Waals surface area contributed by atoms with E-state index in [2.05, 4.69) is 19.9 Å². The van der Waals surface area contributed by atoms with E-state index in [-0.39, 0.29) is 18.1 Å². The molecule has 3 heterocycles. The Balaban J connectivity index is 1.69. The molecule has 2 aromatic rings. The molecule has 1 amide bonds. The van der Waals surface area contributed by atoms with E-state index < -0.39 is 0 Å². The summed E-state index contributed by atoms with van der Waals surface area (Å²) in [6, 6.07) is 0. The van der Waals surface area contributed by atoms with Gasteiger partial charge in [0.05, 0.1) is 23.9 Å². The molecule has 1 atom stereocenters. The predicted octanol–water partition coefficient (Wildman–Crippen LogP) is 3.11. The molecule has 0 aliphatic carbocycles. The Morgan fingerprint density at radius 3 is 3.09 bits per heavy atom. The third-order valence-electron chi connectivity index (χ3n) is 3.94. The number of ether oxygens (including phenoxy) is 1. The summed E-state index contributed by atoms with van der Waals surface area (Å²) in [7, 11) is 0. The van der Waals surface area contributed by atoms with Gasteiger partial charge in [0.1, 0.15) is 5.82 Å². The van der Waals surface area contributed by atoms with E-state index >= 15 is 0 Å². The van der Waals surface area contributed by atoms with Crippen molar-refractivity contribution in [3.8, 4) is 0 Å². The molecular formula is C16H22N4O2S. The normalized spacial score (nSPS) is 18.4. The van der Waals surface area contributed by atoms with Crippen LogP contribution in [0, 0.1) is 0 Å². The smallest absolute Gasteiger partial charge is 0.410 e. The number of amides is 1. The minimum Gasteiger partial charge on any atom is -0.447 e. The number of carbonyl (C=O) groups is 1. The first-order chi connectivity index (χ1) is 11.1. The molecule has 6 nitrogen and oxygen atoms in total. The molecule has 1 fully saturated rings. The van der Waals surface area contributed by atoms with Crippen LogP contribution in [0.1, 0.15) is 44.1 Å². The first-order valence-electron chi connectivity index (χ1n) is 7.97. The second-order valence-electron chi connectivity index (χ2n) is 6.11. The van der Waals surface area contributed by atoms with E-state index in [0.717, 1.165) is 37.4 Å². The highest BCUT2D eigenvalue weighted by Crippen LogP contribution is 2.26. The van der Waals surface area contributed by atoms with E-state index in [1.165, 1.54) is 0 Å². The largest absolute Gasteiger partial charge is 0.447 e. The Morgan fingerprint density at radius 2 is 2.35 bits per heavy atom. The van der Waals surface area contributed by atoms with Crippen molar-refractivity contribution in [2.75, 3.05) is 13.1 Å². The second kappa shape index (κ2) is 7.12. The van der Waals surface area contributed by atoms with Gasteiger partial charge in [-0.05, 0) is 26.7 Å². The maximum Gasteiger partial charge on any atom is 0.410 e. The molecule has 7 heteroatoms. The average molecular weight is 334 g/mol. The summed E-state index contributed by atoms with van der Waals surface area (Å²) in [6.07, 6.45) is 5.52. The van der Waals surface area contributed by atoms with Gasteiger partial charge < -0.3 is 14.2 Å². The van der Waals surface area contributed by atoms with Crippen molar-refractivity contribution in [2.24, 2.45) is 0 Å². The van der Waals surface area contributed by atoms with Gasteiger partial charge in [0.15, 0.2) is 0 Å². The SMILES string of the molecule is CC(C)OC(=O)N1CCC[C@H](c2nccn2Cc2cscn2)C1. The van der Waals surface area contributed by atoms with Crippen molar-refractivity contribution in [1.82, 2.24) is 19.4 Å². The van der Waals surface area contributed by atoms with Crippen molar-refractivity contribution >= 4 is 17.4 Å². The fourth-order valence-corrected chi connectivity index (χ4v) is 3.48. The van der Waals surface area contributed by atoms with Crippen LogP contribution in [0.2, 0.25) is 0 Å². The summed E-state index contributed by atoms with van der Waals surface area (Å²) in [4.78, 5) is 22.8. The summed E-state index contributed by atoms with van der Waals surface area (Å²) < 4.78 is 7.46. The van der Waals surface area contributed by atoms with Crippen molar-refractivity contribution in [3.63, 3.8) is 0 Å². The summed E-state index contributed by atoms with van der Waals surface area (Å²) in [5, 5.41) is 2.05. The Bertz CT molecular complexity index is 638. The zero-order valence-electron chi connectivity index (χ0n) is 13.5. The van der Waals surface area contributed by atoms with Crippen LogP contribution in [0.25, 0.3) is 0 Å². The topological polar surface area (TPSA) is 60.2 Å². The van der Waals surface area contributed by atoms with E-state index in [0.29, 0.717) is 6.54 Å². The monoisotopic (exact) mass is 334 g/mol. The molecule has 1 aliphatic heterocycles. The van der Waals surface area contributed by atoms with Crippen molar-refractivity contribution in [3.05, 3.63) is 34.8 Å². The maximum atomic E-state index is 12.1. The van der Waals surface area contributed by atoms with Gasteiger partial charge >= 0.3 is 6.09 Å². The van der Waals surface area contributed by atoms with Crippen LogP contribution in [-0.4, -0.2) is 44.7 Å². The summed E-state index contributed by atoms with van der Waals surface area (Å²) in [6.45, 7) is 5.90. The predicted molar refractivity (Wildman–Crippen MR) is 88.6 cm³/mol. The van der Waals surface area contributed by atoms with Crippen LogP contribution in [0.4, 0.5) is 4.79 Å². The highest BCUT2D eigenvalue weighted by Gasteiger charge is 2.28. The van der Waals surface area contributed by atoms with E-state index in [1.54, 1.807) is 16.2 Å². The van der Waals surface area contributed by atoms with Gasteiger partial charge in [0.25, 0.3) is 0 Å². The van der Waals surface area contributed by atoms with Crippen LogP contribution in [0.3, 0.4) is 0 Å². The molecule has 0 unspecified atom stereocenters. The Kier molecular flexibility index (Phi) is 4.95. The number of carbonyl (C=O) groups excluding carboxylic acids is 1. The molecule has 3 rings (SSSR count). The second-order valence-corrected chi connectivity index (χ2v) is 6.83. The zero-order valence-corrected chi connectivity index (χ0v) is 14.3. The lowest BCUT2D eigenvalue weighted by atomic mass is 9.97. The summed E-state index contributed by atoms with van der Waals surface area (Å²) >= 11 is 1.60. The first kappa shape index (κ1) is 16.0. The molecule has 0 radical (unpaired) electrons. The van der Waals surface area contributed by atoms with Gasteiger partial charge in [-0.1, -0.05) is 0 Å². The Labute approximate surface area is 140 Å². The molecule has 124 valence electrons. The number of imidazole rings is 1. The quantitative estimate of drug-likeness (QED) is 0.862. The molecule has 1 aliphatic rings. The van der Waals surface area contributed by atoms with Crippen molar-refractivity contribution in [1.29, 1.82) is 0 Å². The van der Waals surface area contributed by atoms with Crippen LogP contribution in [-0.2, 0) is 11.3 Å². The number of nitrogens with zero attached hydrogens (tertiary/aromatic N) is 4. The molecule has 0 aromatic carbocycles. The fourth-order valence-electron chi connectivity index (χ4n) is 2.93. The third-order valence-corrected chi connectivity index (χ3v) is 4.58. The highest BCUT2D eigenvalue weighted by atomic mass is 32.1. The van der Waals surface area contributed by atoms with Gasteiger partial charge in [0, 0.05) is 36.8 Å². The molecule has 1 saturated heterocycles. The zero-order chi connectivity index (χ0) is 16.2. The summed E-state index contributed by atoms with van der Waals surface area (Å²) in [5.41, 5.74) is 2.89. The molecule has 2 aromatic heterocycles. The van der Waals surface area contributed by atoms with Gasteiger partial charge in [-0.15, -0.1) is 11.3 Å². The maximum absolute atomic E-state index is 12.1. The lowest BCUT2D eigenvalue weighted by Gasteiger charge is -2.32. The Morgan fingerprint density at radius 1 is 1.48 bits per heavy atom. The van der Waals surface area contributed by atoms with Gasteiger partial charge in [-0.2, -0.15) is 0 Å². The minimum atomic E-state index is -0.220. The van der Waals surface area contributed by atoms with Crippen LogP contribution in [0.5, 0.6) is 0 Å². The number of piperidine rings is 1. The number of likely N-dealkylation sites (tertiary alicyclic amines) is 1. The molecule has 0 spiro atoms. The fraction of sp³-hybridized carbons (Fsp3) is 0.562. The first-order valence-corrected chi connectivity index (χ1v) is 8.91. The summed E-state index contributed by atoms with van der Waals surface area (Å²) in [5.74, 6) is 1.28. The highest BCUT2D eigenvalue weighted by molar-refractivity contribution is 7.07. The van der Waals surface area contributed by atoms with Crippen LogP contribution < -0.4 is 0 Å². The molecule has 23 heavy (non-hydrogen) atoms. The van der Waals surface area contributed by atoms with E-state index in [1.807, 2.05) is 31.8 Å². The number of hydrogen-bond acceptors (Lipinski definition) is 5. The van der Waals surface area contributed by atoms with Crippen molar-refractivity contribution in [2.45, 2.75) is 45.3 Å². The Hall–Kier alpha value is -1.89. The molecule has 0 N–H and O–H groups in total. The number of aromatic nitrogens is 3. The molecule has 0 bridgehead atoms. The number of thiazole rings is 1. The van der Waals surface area contributed by atoms with Gasteiger partial charge in [-0.3, -0.25) is 0 Å². The lowest BCUT2D eigenvalue weighted by Crippen LogP contribution is -2.40. The van der Waals surface area contributed by atoms with Gasteiger partial charge in [-0.25, -0.2) is 14.8 Å². The molecule has 0 saturated carbocycles. The van der Waals surface area contributed by atoms with Crippen LogP contribution in [0.15, 0.2) is 23.3 Å². The average Bonchev–Trinajstić information content (AvgIpc) is 3.19. The third kappa shape index (κ3) is 3.90. The van der Waals surface area contributed by atoms with Gasteiger partial charge in [0.2, 0.25) is 0 Å². The van der Waals surface area contributed by atoms with E-state index in [4.69, 9.17) is 4.74 Å². The standard InChI is InChI=1S/C16H22N4O2S/c1-12(2)22-16(21)20-6-3-4-13(8-20)15-17-5-7-19(15)9-14-10-23-11-18-14/h5,7,10-13H,3-4,6,8-9H2,1-2H3/t13-/m0/s1. The van der Waals surface area contributed by atoms with Crippen LogP contribution >= 0.6 is 11.3 Å². The van der Waals surface area contributed by atoms with Crippen molar-refractivity contribution < 1.29 is 9.53 Å². The number of hydrogen-bond donors (Lipinski definition) is 0.